The van der Waals surface area contributed by atoms with Gasteiger partial charge < -0.3 is 9.80 Å². The lowest BCUT2D eigenvalue weighted by atomic mass is 10.2. The van der Waals surface area contributed by atoms with Gasteiger partial charge in [0.2, 0.25) is 5.03 Å². The molecule has 2 aliphatic heterocycles. The third-order valence-electron chi connectivity index (χ3n) is 4.78. The van der Waals surface area contributed by atoms with Crippen LogP contribution in [0, 0.1) is 0 Å². The van der Waals surface area contributed by atoms with Crippen LogP contribution in [0.3, 0.4) is 0 Å². The van der Waals surface area contributed by atoms with Crippen LogP contribution in [0.2, 0.25) is 5.02 Å². The average Bonchev–Trinajstić information content (AvgIpc) is 3.43. The van der Waals surface area contributed by atoms with Gasteiger partial charge in [-0.15, -0.1) is 0 Å². The van der Waals surface area contributed by atoms with Crippen LogP contribution >= 0.6 is 11.6 Å². The Balaban J connectivity index is 1.54. The number of sulfonamides is 1. The number of carbonyl (C=O) groups excluding carboxylic acids is 1. The molecule has 1 aromatic heterocycles. The first-order chi connectivity index (χ1) is 12.9. The van der Waals surface area contributed by atoms with Gasteiger partial charge in [0.15, 0.2) is 0 Å². The first-order valence-electron chi connectivity index (χ1n) is 8.70. The molecule has 144 valence electrons. The molecule has 0 spiro atoms. The molecule has 3 heterocycles. The Morgan fingerprint density at radius 2 is 1.74 bits per heavy atom. The van der Waals surface area contributed by atoms with Crippen LogP contribution in [0.4, 0.5) is 5.69 Å². The summed E-state index contributed by atoms with van der Waals surface area (Å²) in [6.07, 6.45) is 1.48. The summed E-state index contributed by atoms with van der Waals surface area (Å²) in [6, 6.07) is 7.51. The standard InChI is InChI=1S/C17H20ClN5O3S/c1-20-12-13(17(24)22-6-7-22)16(19-20)27(25,26)23-10-8-21(9-11-23)15-5-3-2-4-14(15)18/h2-5,12H,6-11H2,1H3. The Hall–Kier alpha value is -2.10. The van der Waals surface area contributed by atoms with Gasteiger partial charge in [0.1, 0.15) is 0 Å². The second-order valence-electron chi connectivity index (χ2n) is 6.66. The summed E-state index contributed by atoms with van der Waals surface area (Å²) >= 11 is 6.25. The van der Waals surface area contributed by atoms with Crippen molar-refractivity contribution in [2.45, 2.75) is 5.03 Å². The summed E-state index contributed by atoms with van der Waals surface area (Å²) in [6.45, 7) is 2.97. The molecule has 0 saturated carbocycles. The van der Waals surface area contributed by atoms with E-state index >= 15 is 0 Å². The number of anilines is 1. The summed E-state index contributed by atoms with van der Waals surface area (Å²) < 4.78 is 29.0. The van der Waals surface area contributed by atoms with Gasteiger partial charge in [0.25, 0.3) is 15.9 Å². The molecule has 8 nitrogen and oxygen atoms in total. The maximum atomic E-state index is 13.1. The predicted molar refractivity (Wildman–Crippen MR) is 102 cm³/mol. The van der Waals surface area contributed by atoms with E-state index in [2.05, 4.69) is 10.00 Å². The zero-order valence-corrected chi connectivity index (χ0v) is 16.4. The summed E-state index contributed by atoms with van der Waals surface area (Å²) in [7, 11) is -2.23. The fourth-order valence-electron chi connectivity index (χ4n) is 3.23. The highest BCUT2D eigenvalue weighted by Crippen LogP contribution is 2.28. The van der Waals surface area contributed by atoms with Gasteiger partial charge in [-0.1, -0.05) is 23.7 Å². The van der Waals surface area contributed by atoms with Crippen LogP contribution in [-0.2, 0) is 17.1 Å². The fraction of sp³-hybridized carbons (Fsp3) is 0.412. The molecule has 0 N–H and O–H groups in total. The van der Waals surface area contributed by atoms with E-state index in [-0.39, 0.29) is 16.5 Å². The van der Waals surface area contributed by atoms with Crippen LogP contribution in [0.15, 0.2) is 35.5 Å². The Bertz CT molecular complexity index is 978. The van der Waals surface area contributed by atoms with Crippen molar-refractivity contribution in [3.8, 4) is 0 Å². The zero-order chi connectivity index (χ0) is 19.2. The number of carbonyl (C=O) groups is 1. The van der Waals surface area contributed by atoms with Crippen LogP contribution in [0.5, 0.6) is 0 Å². The largest absolute Gasteiger partial charge is 0.368 e. The molecule has 2 saturated heterocycles. The maximum Gasteiger partial charge on any atom is 0.263 e. The number of hydrogen-bond donors (Lipinski definition) is 0. The van der Waals surface area contributed by atoms with Gasteiger partial charge in [-0.25, -0.2) is 8.42 Å². The smallest absolute Gasteiger partial charge is 0.263 e. The molecule has 0 atom stereocenters. The lowest BCUT2D eigenvalue weighted by Gasteiger charge is -2.35. The number of amides is 1. The summed E-state index contributed by atoms with van der Waals surface area (Å²) in [5.74, 6) is -0.281. The monoisotopic (exact) mass is 409 g/mol. The second kappa shape index (κ2) is 6.81. The lowest BCUT2D eigenvalue weighted by Crippen LogP contribution is -2.49. The van der Waals surface area contributed by atoms with Crippen LogP contribution in [0.1, 0.15) is 10.4 Å². The number of piperazine rings is 1. The van der Waals surface area contributed by atoms with Crippen molar-refractivity contribution < 1.29 is 13.2 Å². The summed E-state index contributed by atoms with van der Waals surface area (Å²) in [4.78, 5) is 16.1. The number of benzene rings is 1. The molecule has 2 fully saturated rings. The van der Waals surface area contributed by atoms with Gasteiger partial charge in [-0.05, 0) is 12.1 Å². The first kappa shape index (κ1) is 18.3. The van der Waals surface area contributed by atoms with Crippen molar-refractivity contribution in [1.82, 2.24) is 19.0 Å². The highest BCUT2D eigenvalue weighted by atomic mass is 35.5. The molecule has 0 bridgehead atoms. The molecule has 0 radical (unpaired) electrons. The Morgan fingerprint density at radius 3 is 2.37 bits per heavy atom. The molecule has 1 amide bonds. The normalized spacial score (nSPS) is 18.0. The fourth-order valence-corrected chi connectivity index (χ4v) is 5.02. The second-order valence-corrected chi connectivity index (χ2v) is 8.92. The maximum absolute atomic E-state index is 13.1. The molecule has 27 heavy (non-hydrogen) atoms. The SMILES string of the molecule is Cn1cc(C(=O)N2CC2)c(S(=O)(=O)N2CCN(c3ccccc3Cl)CC2)n1. The minimum Gasteiger partial charge on any atom is -0.368 e. The average molecular weight is 410 g/mol. The molecule has 0 unspecified atom stereocenters. The molecule has 0 aliphatic carbocycles. The van der Waals surface area contributed by atoms with E-state index in [1.807, 2.05) is 24.3 Å². The van der Waals surface area contributed by atoms with Crippen LogP contribution in [-0.4, -0.2) is 72.6 Å². The molecule has 2 aromatic rings. The minimum atomic E-state index is -3.84. The van der Waals surface area contributed by atoms with Gasteiger partial charge >= 0.3 is 0 Å². The van der Waals surface area contributed by atoms with E-state index < -0.39 is 10.0 Å². The van der Waals surface area contributed by atoms with Crippen molar-refractivity contribution in [1.29, 1.82) is 0 Å². The number of hydrogen-bond acceptors (Lipinski definition) is 5. The zero-order valence-electron chi connectivity index (χ0n) is 14.9. The van der Waals surface area contributed by atoms with Gasteiger partial charge in [-0.2, -0.15) is 9.40 Å². The topological polar surface area (TPSA) is 78.5 Å². The van der Waals surface area contributed by atoms with E-state index in [9.17, 15) is 13.2 Å². The number of rotatable bonds is 4. The Kier molecular flexibility index (Phi) is 4.61. The van der Waals surface area contributed by atoms with Gasteiger partial charge in [0, 0.05) is 52.5 Å². The van der Waals surface area contributed by atoms with Crippen molar-refractivity contribution in [3.05, 3.63) is 41.0 Å². The van der Waals surface area contributed by atoms with Crippen LogP contribution < -0.4 is 4.90 Å². The third kappa shape index (κ3) is 3.42. The van der Waals surface area contributed by atoms with E-state index in [1.165, 1.54) is 15.2 Å². The highest BCUT2D eigenvalue weighted by molar-refractivity contribution is 7.89. The number of para-hydroxylation sites is 1. The highest BCUT2D eigenvalue weighted by Gasteiger charge is 2.37. The lowest BCUT2D eigenvalue weighted by molar-refractivity contribution is 0.0881. The van der Waals surface area contributed by atoms with E-state index in [0.717, 1.165) is 5.69 Å². The van der Waals surface area contributed by atoms with Crippen LogP contribution in [0.25, 0.3) is 0 Å². The van der Waals surface area contributed by atoms with Gasteiger partial charge in [-0.3, -0.25) is 9.48 Å². The molecular weight excluding hydrogens is 390 g/mol. The first-order valence-corrected chi connectivity index (χ1v) is 10.5. The Morgan fingerprint density at radius 1 is 1.07 bits per heavy atom. The van der Waals surface area contributed by atoms with Crippen molar-refractivity contribution in [3.63, 3.8) is 0 Å². The van der Waals surface area contributed by atoms with E-state index in [4.69, 9.17) is 11.6 Å². The van der Waals surface area contributed by atoms with Crippen molar-refractivity contribution in [2.24, 2.45) is 7.05 Å². The molecular formula is C17H20ClN5O3S. The number of halogens is 1. The number of nitrogens with zero attached hydrogens (tertiary/aromatic N) is 5. The van der Waals surface area contributed by atoms with E-state index in [1.54, 1.807) is 11.9 Å². The summed E-state index contributed by atoms with van der Waals surface area (Å²) in [5.41, 5.74) is 1.04. The van der Waals surface area contributed by atoms with Crippen molar-refractivity contribution in [2.75, 3.05) is 44.2 Å². The number of aryl methyl sites for hydroxylation is 1. The minimum absolute atomic E-state index is 0.142. The van der Waals surface area contributed by atoms with Gasteiger partial charge in [0.05, 0.1) is 16.3 Å². The molecule has 10 heteroatoms. The summed E-state index contributed by atoms with van der Waals surface area (Å²) in [5, 5.41) is 4.57. The van der Waals surface area contributed by atoms with E-state index in [0.29, 0.717) is 44.3 Å². The Labute approximate surface area is 163 Å². The quantitative estimate of drug-likeness (QED) is 0.705. The molecule has 1 aromatic carbocycles. The molecule has 2 aliphatic rings. The predicted octanol–water partition coefficient (Wildman–Crippen LogP) is 1.04. The number of aromatic nitrogens is 2. The third-order valence-corrected chi connectivity index (χ3v) is 6.93. The molecule has 4 rings (SSSR count). The van der Waals surface area contributed by atoms with Crippen molar-refractivity contribution >= 4 is 33.2 Å².